The molecule has 1 aromatic rings. The van der Waals surface area contributed by atoms with E-state index < -0.39 is 0 Å². The molecule has 3 rings (SSSR count). The number of carbonyl (C=O) groups excluding carboxylic acids is 1. The van der Waals surface area contributed by atoms with Crippen LogP contribution in [0.15, 0.2) is 28.7 Å². The summed E-state index contributed by atoms with van der Waals surface area (Å²) in [4.78, 5) is 14.2. The van der Waals surface area contributed by atoms with Gasteiger partial charge in [-0.05, 0) is 42.4 Å². The van der Waals surface area contributed by atoms with E-state index in [1.807, 2.05) is 11.8 Å². The molecule has 0 N–H and O–H groups in total. The molecule has 0 radical (unpaired) electrons. The lowest BCUT2D eigenvalue weighted by atomic mass is 9.69. The Labute approximate surface area is 153 Å². The Hall–Kier alpha value is -1.03. The van der Waals surface area contributed by atoms with Gasteiger partial charge in [-0.25, -0.2) is 4.79 Å². The number of likely N-dealkylation sites (tertiary alicyclic amines) is 1. The summed E-state index contributed by atoms with van der Waals surface area (Å²) in [6, 6.07) is 8.74. The van der Waals surface area contributed by atoms with E-state index in [4.69, 9.17) is 4.74 Å². The van der Waals surface area contributed by atoms with Crippen LogP contribution in [-0.4, -0.2) is 30.7 Å². The molecule has 132 valence electrons. The minimum Gasteiger partial charge on any atom is -0.450 e. The first kappa shape index (κ1) is 17.8. The Bertz CT molecular complexity index is 653. The third-order valence-corrected chi connectivity index (χ3v) is 7.00. The molecule has 1 aliphatic heterocycles. The van der Waals surface area contributed by atoms with Gasteiger partial charge in [0.2, 0.25) is 0 Å². The number of rotatable bonds is 3. The maximum Gasteiger partial charge on any atom is 0.409 e. The maximum absolute atomic E-state index is 12.3. The molecule has 3 nitrogen and oxygen atoms in total. The van der Waals surface area contributed by atoms with Crippen molar-refractivity contribution in [2.75, 3.05) is 19.7 Å². The number of nitrogens with zero attached hydrogens (tertiary/aromatic N) is 1. The molecule has 2 fully saturated rings. The zero-order valence-corrected chi connectivity index (χ0v) is 16.9. The summed E-state index contributed by atoms with van der Waals surface area (Å²) in [5.74, 6) is 0.494. The summed E-state index contributed by atoms with van der Waals surface area (Å²) < 4.78 is 6.39. The van der Waals surface area contributed by atoms with Gasteiger partial charge in [0.25, 0.3) is 0 Å². The number of halogens is 1. The number of amides is 1. The smallest absolute Gasteiger partial charge is 0.409 e. The Morgan fingerprint density at radius 3 is 2.58 bits per heavy atom. The SMILES string of the molecule is CCOC(=O)N1C[C@H]2[C@](CC)(c3cccc(Br)c3)[C@@]2(C(C)(C)C)C1. The van der Waals surface area contributed by atoms with E-state index in [-0.39, 0.29) is 22.3 Å². The number of hydrogen-bond acceptors (Lipinski definition) is 2. The van der Waals surface area contributed by atoms with Crippen molar-refractivity contribution >= 4 is 22.0 Å². The highest BCUT2D eigenvalue weighted by Crippen LogP contribution is 2.80. The monoisotopic (exact) mass is 393 g/mol. The molecule has 3 atom stereocenters. The fraction of sp³-hybridized carbons (Fsp3) is 0.650. The summed E-state index contributed by atoms with van der Waals surface area (Å²) in [7, 11) is 0. The van der Waals surface area contributed by atoms with Gasteiger partial charge >= 0.3 is 6.09 Å². The summed E-state index contributed by atoms with van der Waals surface area (Å²) in [5, 5.41) is 0. The van der Waals surface area contributed by atoms with Crippen molar-refractivity contribution in [3.8, 4) is 0 Å². The predicted octanol–water partition coefficient (Wildman–Crippen LogP) is 5.23. The lowest BCUT2D eigenvalue weighted by molar-refractivity contribution is 0.0894. The zero-order valence-electron chi connectivity index (χ0n) is 15.4. The van der Waals surface area contributed by atoms with E-state index >= 15 is 0 Å². The van der Waals surface area contributed by atoms with Crippen LogP contribution < -0.4 is 0 Å². The van der Waals surface area contributed by atoms with Crippen molar-refractivity contribution in [1.29, 1.82) is 0 Å². The van der Waals surface area contributed by atoms with Crippen molar-refractivity contribution < 1.29 is 9.53 Å². The Morgan fingerprint density at radius 2 is 2.08 bits per heavy atom. The van der Waals surface area contributed by atoms with E-state index in [9.17, 15) is 4.79 Å². The molecule has 0 unspecified atom stereocenters. The van der Waals surface area contributed by atoms with Crippen molar-refractivity contribution in [3.63, 3.8) is 0 Å². The largest absolute Gasteiger partial charge is 0.450 e. The molecule has 1 saturated heterocycles. The van der Waals surface area contributed by atoms with Crippen LogP contribution in [0.1, 0.15) is 46.6 Å². The van der Waals surface area contributed by atoms with E-state index in [2.05, 4.69) is 67.9 Å². The van der Waals surface area contributed by atoms with Crippen LogP contribution in [0.25, 0.3) is 0 Å². The van der Waals surface area contributed by atoms with Gasteiger partial charge in [0.1, 0.15) is 0 Å². The number of benzene rings is 1. The highest BCUT2D eigenvalue weighted by molar-refractivity contribution is 9.10. The van der Waals surface area contributed by atoms with E-state index in [1.54, 1.807) is 0 Å². The van der Waals surface area contributed by atoms with Gasteiger partial charge in [-0.15, -0.1) is 0 Å². The highest BCUT2D eigenvalue weighted by atomic mass is 79.9. The van der Waals surface area contributed by atoms with Crippen LogP contribution in [0.2, 0.25) is 0 Å². The van der Waals surface area contributed by atoms with Crippen LogP contribution in [0.4, 0.5) is 4.79 Å². The van der Waals surface area contributed by atoms with Gasteiger partial charge in [-0.2, -0.15) is 0 Å². The normalized spacial score (nSPS) is 31.8. The second kappa shape index (κ2) is 5.76. The summed E-state index contributed by atoms with van der Waals surface area (Å²) in [6.45, 7) is 13.2. The fourth-order valence-corrected chi connectivity index (χ4v) is 6.01. The van der Waals surface area contributed by atoms with Crippen molar-refractivity contribution in [3.05, 3.63) is 34.3 Å². The molecule has 0 bridgehead atoms. The van der Waals surface area contributed by atoms with Gasteiger partial charge < -0.3 is 9.64 Å². The number of fused-ring (bicyclic) bond motifs is 1. The van der Waals surface area contributed by atoms with Crippen molar-refractivity contribution in [1.82, 2.24) is 4.90 Å². The average Bonchev–Trinajstić information content (AvgIpc) is 2.86. The van der Waals surface area contributed by atoms with Crippen LogP contribution in [0, 0.1) is 16.7 Å². The van der Waals surface area contributed by atoms with Crippen molar-refractivity contribution in [2.45, 2.75) is 46.5 Å². The third-order valence-electron chi connectivity index (χ3n) is 6.51. The molecular weight excluding hydrogens is 366 g/mol. The van der Waals surface area contributed by atoms with Crippen LogP contribution in [-0.2, 0) is 10.2 Å². The first-order chi connectivity index (χ1) is 11.2. The topological polar surface area (TPSA) is 29.5 Å². The lowest BCUT2D eigenvalue weighted by Crippen LogP contribution is -2.42. The Balaban J connectivity index is 2.01. The van der Waals surface area contributed by atoms with E-state index in [1.165, 1.54) is 5.56 Å². The van der Waals surface area contributed by atoms with Crippen molar-refractivity contribution in [2.24, 2.45) is 16.7 Å². The van der Waals surface area contributed by atoms with Crippen LogP contribution in [0.3, 0.4) is 0 Å². The third kappa shape index (κ3) is 2.18. The lowest BCUT2D eigenvalue weighted by Gasteiger charge is -2.38. The molecular formula is C20H28BrNO2. The average molecular weight is 394 g/mol. The molecule has 0 aromatic heterocycles. The molecule has 1 aliphatic carbocycles. The zero-order chi connectivity index (χ0) is 17.8. The van der Waals surface area contributed by atoms with Gasteiger partial charge in [-0.3, -0.25) is 0 Å². The summed E-state index contributed by atoms with van der Waals surface area (Å²) in [6.07, 6.45) is 0.940. The van der Waals surface area contributed by atoms with Gasteiger partial charge in [0.05, 0.1) is 6.61 Å². The molecule has 24 heavy (non-hydrogen) atoms. The minimum absolute atomic E-state index is 0.113. The van der Waals surface area contributed by atoms with Crippen LogP contribution in [0.5, 0.6) is 0 Å². The fourth-order valence-electron chi connectivity index (χ4n) is 5.61. The van der Waals surface area contributed by atoms with Crippen LogP contribution >= 0.6 is 15.9 Å². The maximum atomic E-state index is 12.3. The number of carbonyl (C=O) groups is 1. The molecule has 4 heteroatoms. The number of hydrogen-bond donors (Lipinski definition) is 0. The quantitative estimate of drug-likeness (QED) is 0.703. The van der Waals surface area contributed by atoms with Gasteiger partial charge in [0, 0.05) is 28.4 Å². The van der Waals surface area contributed by atoms with Gasteiger partial charge in [-0.1, -0.05) is 55.8 Å². The molecule has 1 aromatic carbocycles. The summed E-state index contributed by atoms with van der Waals surface area (Å²) in [5.41, 5.74) is 1.79. The predicted molar refractivity (Wildman–Crippen MR) is 100 cm³/mol. The molecule has 1 amide bonds. The second-order valence-corrected chi connectivity index (χ2v) is 9.10. The Kier molecular flexibility index (Phi) is 4.26. The number of ether oxygens (including phenoxy) is 1. The van der Waals surface area contributed by atoms with Gasteiger partial charge in [0.15, 0.2) is 0 Å². The van der Waals surface area contributed by atoms with E-state index in [0.29, 0.717) is 12.5 Å². The highest BCUT2D eigenvalue weighted by Gasteiger charge is 2.82. The first-order valence-corrected chi connectivity index (χ1v) is 9.71. The minimum atomic E-state index is -0.160. The first-order valence-electron chi connectivity index (χ1n) is 8.92. The molecule has 1 heterocycles. The number of piperidine rings is 1. The second-order valence-electron chi connectivity index (χ2n) is 8.19. The summed E-state index contributed by atoms with van der Waals surface area (Å²) >= 11 is 3.63. The molecule has 0 spiro atoms. The molecule has 2 aliphatic rings. The molecule has 1 saturated carbocycles. The standard InChI is InChI=1S/C20H28BrNO2/c1-6-19(14-9-8-10-15(21)11-14)16-12-22(17(23)24-7-2)13-20(16,19)18(3,4)5/h8-11,16H,6-7,12-13H2,1-5H3/t16-,19-,20-/m0/s1. The van der Waals surface area contributed by atoms with E-state index in [0.717, 1.165) is 24.0 Å². The Morgan fingerprint density at radius 1 is 1.38 bits per heavy atom.